The summed E-state index contributed by atoms with van der Waals surface area (Å²) >= 11 is 13.3. The molecular weight excluding hydrogens is 643 g/mol. The van der Waals surface area contributed by atoms with Gasteiger partial charge in [0.15, 0.2) is 0 Å². The molecule has 0 saturated carbocycles. The number of amides is 4. The van der Waals surface area contributed by atoms with Gasteiger partial charge in [-0.1, -0.05) is 77.8 Å². The third kappa shape index (κ3) is 8.55. The Hall–Kier alpha value is -4.28. The summed E-state index contributed by atoms with van der Waals surface area (Å²) in [6.07, 6.45) is 1.53. The molecule has 0 radical (unpaired) electrons. The van der Waals surface area contributed by atoms with Crippen molar-refractivity contribution in [3.05, 3.63) is 104 Å². The van der Waals surface area contributed by atoms with Gasteiger partial charge in [-0.3, -0.25) is 4.79 Å². The van der Waals surface area contributed by atoms with Crippen molar-refractivity contribution in [1.29, 1.82) is 0 Å². The fourth-order valence-electron chi connectivity index (χ4n) is 5.71. The highest BCUT2D eigenvalue weighted by atomic mass is 35.5. The van der Waals surface area contributed by atoms with Crippen LogP contribution in [0, 0.1) is 0 Å². The Labute approximate surface area is 284 Å². The topological polar surface area (TPSA) is 126 Å². The van der Waals surface area contributed by atoms with E-state index in [1.165, 1.54) is 5.56 Å². The Kier molecular flexibility index (Phi) is 10.6. The fourth-order valence-corrected chi connectivity index (χ4v) is 6.47. The summed E-state index contributed by atoms with van der Waals surface area (Å²) in [6.45, 7) is 5.67. The van der Waals surface area contributed by atoms with Crippen molar-refractivity contribution in [2.45, 2.75) is 70.9 Å². The van der Waals surface area contributed by atoms with E-state index in [4.69, 9.17) is 32.7 Å². The zero-order valence-electron chi connectivity index (χ0n) is 26.5. The van der Waals surface area contributed by atoms with Crippen LogP contribution in [0.5, 0.6) is 0 Å². The first-order valence-corrected chi connectivity index (χ1v) is 16.3. The van der Waals surface area contributed by atoms with Crippen molar-refractivity contribution in [2.24, 2.45) is 0 Å². The second-order valence-electron chi connectivity index (χ2n) is 12.6. The van der Waals surface area contributed by atoms with Gasteiger partial charge in [0.25, 0.3) is 5.91 Å². The van der Waals surface area contributed by atoms with Crippen LogP contribution >= 0.6 is 23.2 Å². The molecule has 0 bridgehead atoms. The molecular formula is C35H38Cl2N4O6. The Morgan fingerprint density at radius 3 is 2.45 bits per heavy atom. The number of benzene rings is 3. The van der Waals surface area contributed by atoms with Gasteiger partial charge in [0.2, 0.25) is 0 Å². The summed E-state index contributed by atoms with van der Waals surface area (Å²) in [5, 5.41) is 8.52. The van der Waals surface area contributed by atoms with E-state index in [-0.39, 0.29) is 41.3 Å². The van der Waals surface area contributed by atoms with Crippen LogP contribution in [0.2, 0.25) is 10.0 Å². The largest absolute Gasteiger partial charge is 0.459 e. The van der Waals surface area contributed by atoms with Gasteiger partial charge in [-0.15, -0.1) is 0 Å². The van der Waals surface area contributed by atoms with E-state index in [2.05, 4.69) is 16.0 Å². The number of ether oxygens (including phenoxy) is 2. The lowest BCUT2D eigenvalue weighted by Gasteiger charge is -2.32. The van der Waals surface area contributed by atoms with E-state index in [0.717, 1.165) is 24.0 Å². The van der Waals surface area contributed by atoms with Crippen molar-refractivity contribution < 1.29 is 28.7 Å². The van der Waals surface area contributed by atoms with Crippen LogP contribution < -0.4 is 16.0 Å². The molecule has 2 atom stereocenters. The molecule has 12 heteroatoms. The lowest BCUT2D eigenvalue weighted by Crippen LogP contribution is -2.51. The van der Waals surface area contributed by atoms with Crippen LogP contribution in [-0.4, -0.2) is 53.6 Å². The SMILES string of the molecule is CC(C)(C)OC(=O)N1CCc2c(cc(Cl)c(C(=O)NC(CNC(=O)N[C@@H]3CCc4ccccc43)C(=O)OCc3ccccc3)c2Cl)C1. The maximum absolute atomic E-state index is 13.7. The first-order chi connectivity index (χ1) is 22.4. The number of aryl methyl sites for hydroxylation is 1. The van der Waals surface area contributed by atoms with E-state index < -0.39 is 35.6 Å². The number of urea groups is 1. The fraction of sp³-hybridized carbons (Fsp3) is 0.371. The van der Waals surface area contributed by atoms with E-state index in [0.29, 0.717) is 24.1 Å². The molecule has 5 rings (SSSR count). The van der Waals surface area contributed by atoms with Gasteiger partial charge in [-0.2, -0.15) is 0 Å². The standard InChI is InChI=1S/C35H38Cl2N4O6/c1-35(2,3)47-34(45)41-16-15-25-23(19-41)17-26(36)29(30(25)37)31(42)39-28(32(43)46-20-21-9-5-4-6-10-21)18-38-33(44)40-27-14-13-22-11-7-8-12-24(22)27/h4-12,17,27-28H,13-16,18-20H2,1-3H3,(H,39,42)(H2,38,40,44)/t27-,28?/m1/s1. The Morgan fingerprint density at radius 1 is 0.979 bits per heavy atom. The first-order valence-electron chi connectivity index (χ1n) is 15.5. The summed E-state index contributed by atoms with van der Waals surface area (Å²) in [4.78, 5) is 54.1. The van der Waals surface area contributed by atoms with E-state index in [9.17, 15) is 19.2 Å². The molecule has 47 heavy (non-hydrogen) atoms. The number of carbonyl (C=O) groups is 4. The quantitative estimate of drug-likeness (QED) is 0.246. The molecule has 248 valence electrons. The lowest BCUT2D eigenvalue weighted by molar-refractivity contribution is -0.147. The minimum absolute atomic E-state index is 0.00863. The molecule has 0 saturated heterocycles. The molecule has 3 N–H and O–H groups in total. The maximum Gasteiger partial charge on any atom is 0.410 e. The normalized spacial score (nSPS) is 15.9. The number of rotatable bonds is 8. The molecule has 3 aromatic carbocycles. The minimum atomic E-state index is -1.25. The van der Waals surface area contributed by atoms with Crippen molar-refractivity contribution in [3.63, 3.8) is 0 Å². The monoisotopic (exact) mass is 680 g/mol. The molecule has 0 aromatic heterocycles. The zero-order valence-corrected chi connectivity index (χ0v) is 28.0. The molecule has 1 aliphatic carbocycles. The molecule has 3 aromatic rings. The van der Waals surface area contributed by atoms with Crippen LogP contribution in [-0.2, 0) is 40.3 Å². The van der Waals surface area contributed by atoms with Crippen LogP contribution in [0.4, 0.5) is 9.59 Å². The second kappa shape index (κ2) is 14.6. The third-order valence-electron chi connectivity index (χ3n) is 8.00. The summed E-state index contributed by atoms with van der Waals surface area (Å²) in [7, 11) is 0. The highest BCUT2D eigenvalue weighted by Crippen LogP contribution is 2.35. The van der Waals surface area contributed by atoms with Crippen molar-refractivity contribution >= 4 is 47.2 Å². The molecule has 4 amide bonds. The van der Waals surface area contributed by atoms with Crippen molar-refractivity contribution in [2.75, 3.05) is 13.1 Å². The van der Waals surface area contributed by atoms with E-state index >= 15 is 0 Å². The smallest absolute Gasteiger partial charge is 0.410 e. The summed E-state index contributed by atoms with van der Waals surface area (Å²) in [5.41, 5.74) is 3.72. The molecule has 10 nitrogen and oxygen atoms in total. The molecule has 2 aliphatic rings. The average Bonchev–Trinajstić information content (AvgIpc) is 3.43. The van der Waals surface area contributed by atoms with Crippen LogP contribution in [0.15, 0.2) is 60.7 Å². The third-order valence-corrected chi connectivity index (χ3v) is 8.72. The highest BCUT2D eigenvalue weighted by molar-refractivity contribution is 6.40. The van der Waals surface area contributed by atoms with Crippen LogP contribution in [0.1, 0.15) is 71.4 Å². The predicted octanol–water partition coefficient (Wildman–Crippen LogP) is 6.12. The molecule has 0 spiro atoms. The number of halogens is 2. The van der Waals surface area contributed by atoms with Crippen molar-refractivity contribution in [1.82, 2.24) is 20.9 Å². The van der Waals surface area contributed by atoms with E-state index in [1.54, 1.807) is 31.7 Å². The number of nitrogens with zero attached hydrogens (tertiary/aromatic N) is 1. The maximum atomic E-state index is 13.7. The Bertz CT molecular complexity index is 1660. The number of fused-ring (bicyclic) bond motifs is 2. The summed E-state index contributed by atoms with van der Waals surface area (Å²) < 4.78 is 11.0. The summed E-state index contributed by atoms with van der Waals surface area (Å²) in [5.74, 6) is -1.45. The van der Waals surface area contributed by atoms with Crippen LogP contribution in [0.3, 0.4) is 0 Å². The van der Waals surface area contributed by atoms with Gasteiger partial charge in [0, 0.05) is 13.1 Å². The predicted molar refractivity (Wildman–Crippen MR) is 178 cm³/mol. The first kappa shape index (κ1) is 34.1. The summed E-state index contributed by atoms with van der Waals surface area (Å²) in [6, 6.07) is 16.7. The molecule has 1 unspecified atom stereocenters. The van der Waals surface area contributed by atoms with Crippen molar-refractivity contribution in [3.8, 4) is 0 Å². The highest BCUT2D eigenvalue weighted by Gasteiger charge is 2.32. The number of hydrogen-bond acceptors (Lipinski definition) is 6. The zero-order chi connectivity index (χ0) is 33.7. The van der Waals surface area contributed by atoms with Crippen LogP contribution in [0.25, 0.3) is 0 Å². The van der Waals surface area contributed by atoms with Gasteiger partial charge in [-0.05, 0) is 73.9 Å². The van der Waals surface area contributed by atoms with Gasteiger partial charge in [0.1, 0.15) is 18.2 Å². The number of nitrogens with one attached hydrogen (secondary N) is 3. The minimum Gasteiger partial charge on any atom is -0.459 e. The number of esters is 1. The number of hydrogen-bond donors (Lipinski definition) is 3. The Balaban J connectivity index is 1.29. The molecule has 1 heterocycles. The lowest BCUT2D eigenvalue weighted by atomic mass is 9.96. The second-order valence-corrected chi connectivity index (χ2v) is 13.4. The molecule has 0 fully saturated rings. The van der Waals surface area contributed by atoms with Gasteiger partial charge in [-0.25, -0.2) is 14.4 Å². The number of carbonyl (C=O) groups excluding carboxylic acids is 4. The Morgan fingerprint density at radius 2 is 1.70 bits per heavy atom. The van der Waals surface area contributed by atoms with Gasteiger partial charge >= 0.3 is 18.1 Å². The van der Waals surface area contributed by atoms with Gasteiger partial charge < -0.3 is 30.3 Å². The molecule has 1 aliphatic heterocycles. The van der Waals surface area contributed by atoms with Gasteiger partial charge in [0.05, 0.1) is 28.2 Å². The average molecular weight is 682 g/mol. The van der Waals surface area contributed by atoms with E-state index in [1.807, 2.05) is 54.6 Å².